The van der Waals surface area contributed by atoms with Crippen LogP contribution in [-0.4, -0.2) is 11.2 Å². The van der Waals surface area contributed by atoms with Crippen LogP contribution in [0.15, 0.2) is 24.3 Å². The van der Waals surface area contributed by atoms with Crippen LogP contribution in [0.4, 0.5) is 4.39 Å². The first kappa shape index (κ1) is 9.16. The Morgan fingerprint density at radius 3 is 2.67 bits per heavy atom. The lowest BCUT2D eigenvalue weighted by Crippen LogP contribution is -2.23. The van der Waals surface area contributed by atoms with E-state index in [0.29, 0.717) is 5.56 Å². The summed E-state index contributed by atoms with van der Waals surface area (Å²) in [4.78, 5) is 0. The third-order valence-electron chi connectivity index (χ3n) is 1.75. The van der Waals surface area contributed by atoms with Gasteiger partial charge in [0.05, 0.1) is 12.1 Å². The van der Waals surface area contributed by atoms with Crippen LogP contribution in [-0.2, 0) is 0 Å². The molecular formula is C9H12FNO. The quantitative estimate of drug-likeness (QED) is 0.699. The third kappa shape index (κ3) is 2.03. The summed E-state index contributed by atoms with van der Waals surface area (Å²) < 4.78 is 12.7. The summed E-state index contributed by atoms with van der Waals surface area (Å²) in [5.41, 5.74) is 6.21. The van der Waals surface area contributed by atoms with Crippen molar-refractivity contribution in [1.82, 2.24) is 0 Å². The summed E-state index contributed by atoms with van der Waals surface area (Å²) in [5, 5.41) is 9.12. The first-order valence-corrected chi connectivity index (χ1v) is 3.80. The van der Waals surface area contributed by atoms with Gasteiger partial charge in [0, 0.05) is 0 Å². The molecule has 0 aliphatic heterocycles. The van der Waals surface area contributed by atoms with E-state index in [0.717, 1.165) is 0 Å². The molecule has 66 valence electrons. The highest BCUT2D eigenvalue weighted by Crippen LogP contribution is 2.14. The van der Waals surface area contributed by atoms with E-state index < -0.39 is 12.1 Å². The molecule has 0 aliphatic carbocycles. The van der Waals surface area contributed by atoms with Crippen molar-refractivity contribution in [1.29, 1.82) is 0 Å². The average Bonchev–Trinajstić information content (AvgIpc) is 2.03. The van der Waals surface area contributed by atoms with E-state index in [1.54, 1.807) is 19.1 Å². The molecule has 0 amide bonds. The van der Waals surface area contributed by atoms with Crippen LogP contribution in [0.1, 0.15) is 18.5 Å². The monoisotopic (exact) mass is 169 g/mol. The van der Waals surface area contributed by atoms with Gasteiger partial charge in [0.1, 0.15) is 5.82 Å². The molecule has 0 heterocycles. The first-order chi connectivity index (χ1) is 5.61. The predicted molar refractivity (Wildman–Crippen MR) is 45.0 cm³/mol. The van der Waals surface area contributed by atoms with Gasteiger partial charge in [-0.2, -0.15) is 0 Å². The van der Waals surface area contributed by atoms with Crippen LogP contribution in [0, 0.1) is 5.82 Å². The van der Waals surface area contributed by atoms with E-state index in [1.807, 2.05) is 0 Å². The Morgan fingerprint density at radius 2 is 2.17 bits per heavy atom. The van der Waals surface area contributed by atoms with Crippen molar-refractivity contribution in [3.8, 4) is 0 Å². The number of nitrogens with two attached hydrogens (primary N) is 1. The molecule has 3 N–H and O–H groups in total. The zero-order chi connectivity index (χ0) is 9.14. The normalized spacial score (nSPS) is 15.7. The van der Waals surface area contributed by atoms with Crippen molar-refractivity contribution in [2.75, 3.05) is 0 Å². The van der Waals surface area contributed by atoms with E-state index >= 15 is 0 Å². The lowest BCUT2D eigenvalue weighted by molar-refractivity contribution is 0.164. The van der Waals surface area contributed by atoms with Gasteiger partial charge in [0.25, 0.3) is 0 Å². The van der Waals surface area contributed by atoms with Gasteiger partial charge in [-0.25, -0.2) is 4.39 Å². The molecule has 12 heavy (non-hydrogen) atoms. The molecule has 0 aromatic heterocycles. The van der Waals surface area contributed by atoms with Crippen molar-refractivity contribution in [3.05, 3.63) is 35.6 Å². The van der Waals surface area contributed by atoms with Crippen molar-refractivity contribution >= 4 is 0 Å². The first-order valence-electron chi connectivity index (χ1n) is 3.80. The van der Waals surface area contributed by atoms with Crippen LogP contribution in [0.3, 0.4) is 0 Å². The highest BCUT2D eigenvalue weighted by atomic mass is 19.1. The van der Waals surface area contributed by atoms with Gasteiger partial charge in [0.15, 0.2) is 0 Å². The number of benzene rings is 1. The molecule has 0 saturated carbocycles. The smallest absolute Gasteiger partial charge is 0.123 e. The Bertz CT molecular complexity index is 262. The minimum Gasteiger partial charge on any atom is -0.391 e. The number of hydrogen-bond donors (Lipinski definition) is 2. The summed E-state index contributed by atoms with van der Waals surface area (Å²) in [6, 6.07) is 5.43. The van der Waals surface area contributed by atoms with Crippen molar-refractivity contribution in [2.45, 2.75) is 19.1 Å². The highest BCUT2D eigenvalue weighted by molar-refractivity contribution is 5.20. The molecule has 1 aromatic rings. The fourth-order valence-corrected chi connectivity index (χ4v) is 0.992. The molecule has 2 atom stereocenters. The Balaban J connectivity index is 2.88. The van der Waals surface area contributed by atoms with E-state index in [9.17, 15) is 4.39 Å². The second-order valence-corrected chi connectivity index (χ2v) is 2.82. The SMILES string of the molecule is C[C@@H](O)[C@@H](N)c1cccc(F)c1. The molecular weight excluding hydrogens is 157 g/mol. The van der Waals surface area contributed by atoms with Gasteiger partial charge in [-0.05, 0) is 24.6 Å². The number of rotatable bonds is 2. The molecule has 0 aliphatic rings. The minimum atomic E-state index is -0.660. The molecule has 1 aromatic carbocycles. The van der Waals surface area contributed by atoms with E-state index in [1.165, 1.54) is 12.1 Å². The second-order valence-electron chi connectivity index (χ2n) is 2.82. The zero-order valence-corrected chi connectivity index (χ0v) is 6.87. The Labute approximate surface area is 70.8 Å². The summed E-state index contributed by atoms with van der Waals surface area (Å²) in [7, 11) is 0. The molecule has 0 unspecified atom stereocenters. The van der Waals surface area contributed by atoms with Gasteiger partial charge >= 0.3 is 0 Å². The van der Waals surface area contributed by atoms with Gasteiger partial charge < -0.3 is 10.8 Å². The molecule has 1 rings (SSSR count). The fraction of sp³-hybridized carbons (Fsp3) is 0.333. The molecule has 0 fully saturated rings. The van der Waals surface area contributed by atoms with Gasteiger partial charge in [0.2, 0.25) is 0 Å². The van der Waals surface area contributed by atoms with Crippen LogP contribution < -0.4 is 5.73 Å². The summed E-state index contributed by atoms with van der Waals surface area (Å²) in [5.74, 6) is -0.330. The van der Waals surface area contributed by atoms with Gasteiger partial charge in [-0.1, -0.05) is 12.1 Å². The van der Waals surface area contributed by atoms with E-state index in [-0.39, 0.29) is 5.82 Å². The molecule has 0 spiro atoms. The largest absolute Gasteiger partial charge is 0.391 e. The lowest BCUT2D eigenvalue weighted by Gasteiger charge is -2.14. The molecule has 0 bridgehead atoms. The Morgan fingerprint density at radius 1 is 1.50 bits per heavy atom. The average molecular weight is 169 g/mol. The molecule has 2 nitrogen and oxygen atoms in total. The van der Waals surface area contributed by atoms with Crippen molar-refractivity contribution in [3.63, 3.8) is 0 Å². The summed E-state index contributed by atoms with van der Waals surface area (Å²) in [6.45, 7) is 1.58. The molecule has 3 heteroatoms. The number of aliphatic hydroxyl groups excluding tert-OH is 1. The van der Waals surface area contributed by atoms with Crippen LogP contribution >= 0.6 is 0 Å². The van der Waals surface area contributed by atoms with E-state index in [4.69, 9.17) is 10.8 Å². The standard InChI is InChI=1S/C9H12FNO/c1-6(12)9(11)7-3-2-4-8(10)5-7/h2-6,9,12H,11H2,1H3/t6-,9-/m1/s1. The van der Waals surface area contributed by atoms with Gasteiger partial charge in [-0.15, -0.1) is 0 Å². The molecule has 0 saturated heterocycles. The second kappa shape index (κ2) is 3.65. The minimum absolute atomic E-state index is 0.330. The third-order valence-corrected chi connectivity index (χ3v) is 1.75. The maximum atomic E-state index is 12.7. The highest BCUT2D eigenvalue weighted by Gasteiger charge is 2.11. The van der Waals surface area contributed by atoms with Gasteiger partial charge in [-0.3, -0.25) is 0 Å². The number of aliphatic hydroxyl groups is 1. The van der Waals surface area contributed by atoms with Crippen molar-refractivity contribution in [2.24, 2.45) is 5.73 Å². The predicted octanol–water partition coefficient (Wildman–Crippen LogP) is 1.21. The van der Waals surface area contributed by atoms with Crippen LogP contribution in [0.5, 0.6) is 0 Å². The number of hydrogen-bond acceptors (Lipinski definition) is 2. The summed E-state index contributed by atoms with van der Waals surface area (Å²) in [6.07, 6.45) is -0.660. The van der Waals surface area contributed by atoms with Crippen molar-refractivity contribution < 1.29 is 9.50 Å². The maximum Gasteiger partial charge on any atom is 0.123 e. The Kier molecular flexibility index (Phi) is 2.78. The van der Waals surface area contributed by atoms with Crippen LogP contribution in [0.25, 0.3) is 0 Å². The topological polar surface area (TPSA) is 46.2 Å². The fourth-order valence-electron chi connectivity index (χ4n) is 0.992. The Hall–Kier alpha value is -0.930. The zero-order valence-electron chi connectivity index (χ0n) is 6.87. The maximum absolute atomic E-state index is 12.7. The van der Waals surface area contributed by atoms with Crippen LogP contribution in [0.2, 0.25) is 0 Å². The summed E-state index contributed by atoms with van der Waals surface area (Å²) >= 11 is 0. The van der Waals surface area contributed by atoms with E-state index in [2.05, 4.69) is 0 Å². The molecule has 0 radical (unpaired) electrons. The lowest BCUT2D eigenvalue weighted by atomic mass is 10.0. The number of halogens is 1.